The Labute approximate surface area is 132 Å². The van der Waals surface area contributed by atoms with Gasteiger partial charge in [0.25, 0.3) is 0 Å². The molecule has 0 aliphatic heterocycles. The van der Waals surface area contributed by atoms with Crippen LogP contribution in [0.5, 0.6) is 0 Å². The van der Waals surface area contributed by atoms with Crippen LogP contribution in [0.25, 0.3) is 0 Å². The fourth-order valence-electron chi connectivity index (χ4n) is 4.36. The van der Waals surface area contributed by atoms with Crippen LogP contribution in [0.4, 0.5) is 0 Å². The van der Waals surface area contributed by atoms with Gasteiger partial charge in [-0.15, -0.1) is 0 Å². The Morgan fingerprint density at radius 1 is 1.10 bits per heavy atom. The summed E-state index contributed by atoms with van der Waals surface area (Å²) < 4.78 is 0. The summed E-state index contributed by atoms with van der Waals surface area (Å²) in [4.78, 5) is 2.84. The smallest absolute Gasteiger partial charge is 0.0334 e. The first-order valence-corrected chi connectivity index (χ1v) is 9.46. The summed E-state index contributed by atoms with van der Waals surface area (Å²) in [7, 11) is 0. The average molecular weight is 295 g/mol. The van der Waals surface area contributed by atoms with Crippen LogP contribution in [0.1, 0.15) is 85.5 Å². The maximum Gasteiger partial charge on any atom is 0.0334 e. The van der Waals surface area contributed by atoms with Crippen molar-refractivity contribution in [3.05, 3.63) is 0 Å². The molecule has 0 radical (unpaired) electrons. The molecule has 0 aromatic carbocycles. The van der Waals surface area contributed by atoms with E-state index in [0.717, 1.165) is 18.5 Å². The lowest BCUT2D eigenvalue weighted by atomic mass is 9.65. The van der Waals surface area contributed by atoms with E-state index in [1.54, 1.807) is 0 Å². The first-order valence-electron chi connectivity index (χ1n) is 9.46. The van der Waals surface area contributed by atoms with Crippen LogP contribution >= 0.6 is 0 Å². The average Bonchev–Trinajstić information content (AvgIpc) is 3.32. The lowest BCUT2D eigenvalue weighted by molar-refractivity contribution is 0.0101. The number of nitrogens with zero attached hydrogens (tertiary/aromatic N) is 1. The normalized spacial score (nSPS) is 30.9. The molecule has 0 atom stereocenters. The van der Waals surface area contributed by atoms with Gasteiger partial charge in [0.1, 0.15) is 0 Å². The summed E-state index contributed by atoms with van der Waals surface area (Å²) in [6.07, 6.45) is 12.2. The van der Waals surface area contributed by atoms with Gasteiger partial charge in [0.2, 0.25) is 0 Å². The van der Waals surface area contributed by atoms with Crippen molar-refractivity contribution in [1.82, 2.24) is 4.90 Å². The minimum atomic E-state index is 0.330. The third kappa shape index (κ3) is 3.82. The number of hydrogen-bond acceptors (Lipinski definition) is 2. The molecule has 0 bridgehead atoms. The van der Waals surface area contributed by atoms with E-state index in [1.807, 2.05) is 0 Å². The van der Waals surface area contributed by atoms with Crippen molar-refractivity contribution in [2.24, 2.45) is 17.1 Å². The third-order valence-electron chi connectivity index (χ3n) is 6.66. The van der Waals surface area contributed by atoms with Crippen LogP contribution in [0, 0.1) is 11.3 Å². The third-order valence-corrected chi connectivity index (χ3v) is 6.66. The van der Waals surface area contributed by atoms with E-state index in [2.05, 4.69) is 32.6 Å². The van der Waals surface area contributed by atoms with Crippen LogP contribution in [-0.4, -0.2) is 29.6 Å². The summed E-state index contributed by atoms with van der Waals surface area (Å²) in [5.74, 6) is 0.898. The molecule has 2 aliphatic rings. The lowest BCUT2D eigenvalue weighted by Crippen LogP contribution is -2.57. The van der Waals surface area contributed by atoms with Crippen molar-refractivity contribution >= 4 is 0 Å². The summed E-state index contributed by atoms with van der Waals surface area (Å²) in [6.45, 7) is 11.7. The highest BCUT2D eigenvalue weighted by atomic mass is 15.3. The van der Waals surface area contributed by atoms with Gasteiger partial charge >= 0.3 is 0 Å². The van der Waals surface area contributed by atoms with E-state index in [4.69, 9.17) is 5.73 Å². The molecule has 2 fully saturated rings. The topological polar surface area (TPSA) is 29.3 Å². The molecule has 2 N–H and O–H groups in total. The summed E-state index contributed by atoms with van der Waals surface area (Å²) in [6, 6.07) is 0.857. The molecular formula is C19H38N2. The molecule has 0 spiro atoms. The van der Waals surface area contributed by atoms with Crippen LogP contribution < -0.4 is 5.73 Å². The van der Waals surface area contributed by atoms with Gasteiger partial charge in [0, 0.05) is 18.1 Å². The summed E-state index contributed by atoms with van der Waals surface area (Å²) in [5, 5.41) is 0. The second-order valence-electron chi connectivity index (χ2n) is 8.32. The Kier molecular flexibility index (Phi) is 5.76. The fourth-order valence-corrected chi connectivity index (χ4v) is 4.36. The van der Waals surface area contributed by atoms with Gasteiger partial charge in [0.15, 0.2) is 0 Å². The van der Waals surface area contributed by atoms with Gasteiger partial charge in [-0.25, -0.2) is 0 Å². The molecule has 2 rings (SSSR count). The Balaban J connectivity index is 2.02. The molecule has 124 valence electrons. The molecule has 0 unspecified atom stereocenters. The van der Waals surface area contributed by atoms with Crippen molar-refractivity contribution in [2.45, 2.75) is 97.1 Å². The highest BCUT2D eigenvalue weighted by Gasteiger charge is 2.46. The molecule has 0 heterocycles. The predicted molar refractivity (Wildman–Crippen MR) is 92.5 cm³/mol. The van der Waals surface area contributed by atoms with E-state index < -0.39 is 0 Å². The molecule has 0 aromatic rings. The SMILES string of the molecule is CCCCN(C1CC1)C1(CN)CCC(C(C)(C)CC)CC1. The minimum Gasteiger partial charge on any atom is -0.329 e. The Hall–Kier alpha value is -0.0800. The van der Waals surface area contributed by atoms with Crippen molar-refractivity contribution in [2.75, 3.05) is 13.1 Å². The van der Waals surface area contributed by atoms with Crippen molar-refractivity contribution in [1.29, 1.82) is 0 Å². The van der Waals surface area contributed by atoms with E-state index in [0.29, 0.717) is 11.0 Å². The maximum absolute atomic E-state index is 6.32. The van der Waals surface area contributed by atoms with E-state index >= 15 is 0 Å². The van der Waals surface area contributed by atoms with Crippen molar-refractivity contribution in [3.8, 4) is 0 Å². The number of unbranched alkanes of at least 4 members (excludes halogenated alkanes) is 1. The van der Waals surface area contributed by atoms with Gasteiger partial charge in [-0.05, 0) is 62.8 Å². The summed E-state index contributed by atoms with van der Waals surface area (Å²) in [5.41, 5.74) is 7.16. The molecule has 2 aliphatic carbocycles. The number of nitrogens with two attached hydrogens (primary N) is 1. The summed E-state index contributed by atoms with van der Waals surface area (Å²) >= 11 is 0. The lowest BCUT2D eigenvalue weighted by Gasteiger charge is -2.50. The molecule has 0 saturated heterocycles. The van der Waals surface area contributed by atoms with Crippen LogP contribution in [0.15, 0.2) is 0 Å². The molecule has 2 nitrogen and oxygen atoms in total. The van der Waals surface area contributed by atoms with Crippen LogP contribution in [0.3, 0.4) is 0 Å². The molecule has 0 aromatic heterocycles. The molecule has 2 saturated carbocycles. The minimum absolute atomic E-state index is 0.330. The van der Waals surface area contributed by atoms with Gasteiger partial charge < -0.3 is 5.73 Å². The zero-order valence-corrected chi connectivity index (χ0v) is 15.0. The van der Waals surface area contributed by atoms with Crippen molar-refractivity contribution in [3.63, 3.8) is 0 Å². The second kappa shape index (κ2) is 7.00. The van der Waals surface area contributed by atoms with Gasteiger partial charge in [-0.2, -0.15) is 0 Å². The van der Waals surface area contributed by atoms with Gasteiger partial charge in [0.05, 0.1) is 0 Å². The van der Waals surface area contributed by atoms with E-state index in [1.165, 1.54) is 64.3 Å². The first kappa shape index (κ1) is 17.3. The monoisotopic (exact) mass is 294 g/mol. The van der Waals surface area contributed by atoms with Crippen LogP contribution in [0.2, 0.25) is 0 Å². The zero-order valence-electron chi connectivity index (χ0n) is 15.0. The van der Waals surface area contributed by atoms with Gasteiger partial charge in [-0.1, -0.05) is 40.5 Å². The Bertz CT molecular complexity index is 312. The predicted octanol–water partition coefficient (Wildman–Crippen LogP) is 4.57. The first-order chi connectivity index (χ1) is 9.99. The fraction of sp³-hybridized carbons (Fsp3) is 1.00. The zero-order chi connectivity index (χ0) is 15.5. The maximum atomic E-state index is 6.32. The Morgan fingerprint density at radius 3 is 2.14 bits per heavy atom. The van der Waals surface area contributed by atoms with E-state index in [-0.39, 0.29) is 0 Å². The molecular weight excluding hydrogens is 256 g/mol. The number of rotatable bonds is 8. The number of hydrogen-bond donors (Lipinski definition) is 1. The largest absolute Gasteiger partial charge is 0.329 e. The standard InChI is InChI=1S/C19H38N2/c1-5-7-14-21(17-8-9-17)19(15-20)12-10-16(11-13-19)18(3,4)6-2/h16-17H,5-15,20H2,1-4H3. The second-order valence-corrected chi connectivity index (χ2v) is 8.32. The Morgan fingerprint density at radius 2 is 1.71 bits per heavy atom. The molecule has 2 heteroatoms. The van der Waals surface area contributed by atoms with Crippen LogP contribution in [-0.2, 0) is 0 Å². The highest BCUT2D eigenvalue weighted by molar-refractivity contribution is 5.02. The van der Waals surface area contributed by atoms with Crippen molar-refractivity contribution < 1.29 is 0 Å². The van der Waals surface area contributed by atoms with Gasteiger partial charge in [-0.3, -0.25) is 4.90 Å². The quantitative estimate of drug-likeness (QED) is 0.710. The molecule has 21 heavy (non-hydrogen) atoms. The van der Waals surface area contributed by atoms with E-state index in [9.17, 15) is 0 Å². The molecule has 0 amide bonds. The highest BCUT2D eigenvalue weighted by Crippen LogP contribution is 2.47.